The largest absolute Gasteiger partial charge is 0.350 e. The van der Waals surface area contributed by atoms with Gasteiger partial charge in [-0.15, -0.1) is 0 Å². The molecule has 0 radical (unpaired) electrons. The van der Waals surface area contributed by atoms with Crippen LogP contribution in [0, 0.1) is 5.41 Å². The van der Waals surface area contributed by atoms with E-state index in [1.807, 2.05) is 46.0 Å². The monoisotopic (exact) mass is 272 g/mol. The van der Waals surface area contributed by atoms with Crippen molar-refractivity contribution in [2.24, 2.45) is 12.5 Å². The van der Waals surface area contributed by atoms with Crippen LogP contribution in [0.3, 0.4) is 0 Å². The number of hydrogen-bond acceptors (Lipinski definition) is 3. The summed E-state index contributed by atoms with van der Waals surface area (Å²) in [6.45, 7) is 6.16. The van der Waals surface area contributed by atoms with Gasteiger partial charge in [0.25, 0.3) is 0 Å². The zero-order valence-electron chi connectivity index (χ0n) is 12.3. The van der Waals surface area contributed by atoms with Crippen molar-refractivity contribution in [3.8, 4) is 11.3 Å². The highest BCUT2D eigenvalue weighted by atomic mass is 16.2. The molecule has 2 rings (SSSR count). The van der Waals surface area contributed by atoms with Crippen molar-refractivity contribution in [1.82, 2.24) is 20.1 Å². The van der Waals surface area contributed by atoms with Crippen LogP contribution < -0.4 is 5.32 Å². The van der Waals surface area contributed by atoms with E-state index in [1.54, 1.807) is 17.1 Å². The van der Waals surface area contributed by atoms with Gasteiger partial charge in [-0.1, -0.05) is 20.8 Å². The number of carbonyl (C=O) groups excluding carboxylic acids is 1. The van der Waals surface area contributed by atoms with Crippen LogP contribution in [0.4, 0.5) is 0 Å². The van der Waals surface area contributed by atoms with Gasteiger partial charge in [0.15, 0.2) is 0 Å². The van der Waals surface area contributed by atoms with Crippen molar-refractivity contribution >= 4 is 5.91 Å². The molecule has 0 aliphatic carbocycles. The van der Waals surface area contributed by atoms with Gasteiger partial charge >= 0.3 is 0 Å². The van der Waals surface area contributed by atoms with Crippen LogP contribution in [0.25, 0.3) is 11.3 Å². The fourth-order valence-corrected chi connectivity index (χ4v) is 1.76. The summed E-state index contributed by atoms with van der Waals surface area (Å²) < 4.78 is 1.78. The number of amides is 1. The second kappa shape index (κ2) is 5.45. The third-order valence-corrected chi connectivity index (χ3v) is 3.05. The maximum absolute atomic E-state index is 11.9. The van der Waals surface area contributed by atoms with Crippen LogP contribution in [-0.4, -0.2) is 20.7 Å². The predicted octanol–water partition coefficient (Wildman–Crippen LogP) is 2.14. The average molecular weight is 272 g/mol. The molecule has 5 heteroatoms. The highest BCUT2D eigenvalue weighted by Gasteiger charge is 2.21. The van der Waals surface area contributed by atoms with E-state index in [0.29, 0.717) is 6.54 Å². The minimum atomic E-state index is -0.384. The number of nitrogens with one attached hydrogen (secondary N) is 1. The molecule has 0 spiro atoms. The zero-order chi connectivity index (χ0) is 14.8. The van der Waals surface area contributed by atoms with Crippen LogP contribution in [0.5, 0.6) is 0 Å². The molecule has 0 atom stereocenters. The van der Waals surface area contributed by atoms with Gasteiger partial charge in [-0.25, -0.2) is 0 Å². The van der Waals surface area contributed by atoms with Crippen molar-refractivity contribution in [1.29, 1.82) is 0 Å². The average Bonchev–Trinajstić information content (AvgIpc) is 2.77. The van der Waals surface area contributed by atoms with E-state index >= 15 is 0 Å². The maximum Gasteiger partial charge on any atom is 0.225 e. The summed E-state index contributed by atoms with van der Waals surface area (Å²) in [5, 5.41) is 7.38. The number of pyridine rings is 1. The molecule has 0 fully saturated rings. The van der Waals surface area contributed by atoms with Crippen molar-refractivity contribution in [3.63, 3.8) is 0 Å². The molecule has 1 amide bonds. The van der Waals surface area contributed by atoms with E-state index < -0.39 is 0 Å². The topological polar surface area (TPSA) is 59.8 Å². The Kier molecular flexibility index (Phi) is 3.88. The van der Waals surface area contributed by atoms with Crippen LogP contribution in [0.2, 0.25) is 0 Å². The molecule has 2 aromatic rings. The molecule has 5 nitrogen and oxygen atoms in total. The summed E-state index contributed by atoms with van der Waals surface area (Å²) in [6, 6.07) is 5.82. The van der Waals surface area contributed by atoms with E-state index in [4.69, 9.17) is 0 Å². The number of nitrogens with zero attached hydrogens (tertiary/aromatic N) is 3. The first kappa shape index (κ1) is 14.2. The van der Waals surface area contributed by atoms with Crippen molar-refractivity contribution in [3.05, 3.63) is 36.3 Å². The van der Waals surface area contributed by atoms with Crippen LogP contribution in [-0.2, 0) is 18.4 Å². The molecule has 0 saturated carbocycles. The molecule has 0 aliphatic rings. The Bertz CT molecular complexity index is 596. The Morgan fingerprint density at radius 3 is 2.75 bits per heavy atom. The minimum Gasteiger partial charge on any atom is -0.350 e. The van der Waals surface area contributed by atoms with Gasteiger partial charge in [-0.05, 0) is 18.2 Å². The lowest BCUT2D eigenvalue weighted by Gasteiger charge is -2.17. The highest BCUT2D eigenvalue weighted by Crippen LogP contribution is 2.18. The number of rotatable bonds is 3. The number of aryl methyl sites for hydroxylation is 1. The molecule has 0 aromatic carbocycles. The summed E-state index contributed by atoms with van der Waals surface area (Å²) in [4.78, 5) is 16.0. The Morgan fingerprint density at radius 1 is 1.40 bits per heavy atom. The van der Waals surface area contributed by atoms with Crippen LogP contribution in [0.15, 0.2) is 30.6 Å². The van der Waals surface area contributed by atoms with Crippen LogP contribution in [0.1, 0.15) is 26.5 Å². The molecule has 0 saturated heterocycles. The zero-order valence-corrected chi connectivity index (χ0v) is 12.3. The van der Waals surface area contributed by atoms with Gasteiger partial charge < -0.3 is 5.32 Å². The maximum atomic E-state index is 11.9. The quantitative estimate of drug-likeness (QED) is 0.931. The van der Waals surface area contributed by atoms with Gasteiger partial charge in [-0.2, -0.15) is 5.10 Å². The second-order valence-electron chi connectivity index (χ2n) is 5.82. The molecule has 0 bridgehead atoms. The Hall–Kier alpha value is -2.17. The third-order valence-electron chi connectivity index (χ3n) is 3.05. The minimum absolute atomic E-state index is 0.0293. The smallest absolute Gasteiger partial charge is 0.225 e. The SMILES string of the molecule is Cn1nc(-c2cccnc2)cc1CNC(=O)C(C)(C)C. The fraction of sp³-hybridized carbons (Fsp3) is 0.400. The van der Waals surface area contributed by atoms with E-state index in [9.17, 15) is 4.79 Å². The first-order valence-electron chi connectivity index (χ1n) is 6.59. The summed E-state index contributed by atoms with van der Waals surface area (Å²) in [5.41, 5.74) is 2.41. The van der Waals surface area contributed by atoms with Gasteiger partial charge in [0, 0.05) is 30.4 Å². The van der Waals surface area contributed by atoms with E-state index in [0.717, 1.165) is 17.0 Å². The van der Waals surface area contributed by atoms with Gasteiger partial charge in [0.2, 0.25) is 5.91 Å². The Morgan fingerprint density at radius 2 is 2.15 bits per heavy atom. The Labute approximate surface area is 119 Å². The van der Waals surface area contributed by atoms with Gasteiger partial charge in [0.05, 0.1) is 17.9 Å². The third kappa shape index (κ3) is 3.23. The lowest BCUT2D eigenvalue weighted by molar-refractivity contribution is -0.128. The van der Waals surface area contributed by atoms with E-state index in [1.165, 1.54) is 0 Å². The van der Waals surface area contributed by atoms with Crippen LogP contribution >= 0.6 is 0 Å². The first-order valence-corrected chi connectivity index (χ1v) is 6.59. The summed E-state index contributed by atoms with van der Waals surface area (Å²) in [6.07, 6.45) is 3.51. The predicted molar refractivity (Wildman–Crippen MR) is 77.7 cm³/mol. The first-order chi connectivity index (χ1) is 9.38. The summed E-state index contributed by atoms with van der Waals surface area (Å²) >= 11 is 0. The van der Waals surface area contributed by atoms with E-state index in [-0.39, 0.29) is 11.3 Å². The molecule has 0 unspecified atom stereocenters. The molecule has 1 N–H and O–H groups in total. The lowest BCUT2D eigenvalue weighted by atomic mass is 9.96. The number of hydrogen-bond donors (Lipinski definition) is 1. The fourth-order valence-electron chi connectivity index (χ4n) is 1.76. The van der Waals surface area contributed by atoms with Gasteiger partial charge in [0.1, 0.15) is 0 Å². The molecular formula is C15H20N4O. The molecule has 2 aromatic heterocycles. The lowest BCUT2D eigenvalue weighted by Crippen LogP contribution is -2.34. The van der Waals surface area contributed by atoms with E-state index in [2.05, 4.69) is 15.4 Å². The van der Waals surface area contributed by atoms with Crippen molar-refractivity contribution < 1.29 is 4.79 Å². The summed E-state index contributed by atoms with van der Waals surface area (Å²) in [7, 11) is 1.87. The number of aromatic nitrogens is 3. The second-order valence-corrected chi connectivity index (χ2v) is 5.82. The Balaban J connectivity index is 2.11. The molecule has 0 aliphatic heterocycles. The molecule has 2 heterocycles. The highest BCUT2D eigenvalue weighted by molar-refractivity contribution is 5.81. The molecule has 20 heavy (non-hydrogen) atoms. The van der Waals surface area contributed by atoms with Crippen molar-refractivity contribution in [2.45, 2.75) is 27.3 Å². The van der Waals surface area contributed by atoms with Crippen molar-refractivity contribution in [2.75, 3.05) is 0 Å². The number of carbonyl (C=O) groups is 1. The standard InChI is InChI=1S/C15H20N4O/c1-15(2,3)14(20)17-10-12-8-13(18-19(12)4)11-6-5-7-16-9-11/h5-9H,10H2,1-4H3,(H,17,20). The molecular weight excluding hydrogens is 252 g/mol. The normalized spacial score (nSPS) is 11.4. The summed E-state index contributed by atoms with van der Waals surface area (Å²) in [5.74, 6) is 0.0293. The van der Waals surface area contributed by atoms with Gasteiger partial charge in [-0.3, -0.25) is 14.5 Å². The molecule has 106 valence electrons.